The summed E-state index contributed by atoms with van der Waals surface area (Å²) in [6, 6.07) is 0. The van der Waals surface area contributed by atoms with Gasteiger partial charge in [-0.1, -0.05) is 25.2 Å². The third kappa shape index (κ3) is 0.351. The zero-order valence-electron chi connectivity index (χ0n) is 6.09. The Labute approximate surface area is 60.9 Å². The van der Waals surface area contributed by atoms with Crippen molar-refractivity contribution >= 4 is 0 Å². The van der Waals surface area contributed by atoms with E-state index in [1.165, 1.54) is 6.42 Å². The van der Waals surface area contributed by atoms with Gasteiger partial charge in [0.05, 0.1) is 0 Å². The molecule has 4 rings (SSSR count). The van der Waals surface area contributed by atoms with Crippen molar-refractivity contribution in [3.05, 3.63) is 34.9 Å². The number of allylic oxidation sites excluding steroid dienone is 6. The van der Waals surface area contributed by atoms with Crippen molar-refractivity contribution in [1.29, 1.82) is 0 Å². The van der Waals surface area contributed by atoms with Crippen molar-refractivity contribution in [2.24, 2.45) is 11.8 Å². The van der Waals surface area contributed by atoms with E-state index in [2.05, 4.69) is 25.2 Å². The second kappa shape index (κ2) is 1.29. The van der Waals surface area contributed by atoms with Crippen molar-refractivity contribution in [2.75, 3.05) is 0 Å². The van der Waals surface area contributed by atoms with E-state index >= 15 is 0 Å². The lowest BCUT2D eigenvalue weighted by molar-refractivity contribution is 0.628. The quantitative estimate of drug-likeness (QED) is 0.472. The molecule has 2 atom stereocenters. The Kier molecular flexibility index (Phi) is 0.639. The molecule has 2 unspecified atom stereocenters. The lowest BCUT2D eigenvalue weighted by Gasteiger charge is -2.13. The van der Waals surface area contributed by atoms with Crippen molar-refractivity contribution in [3.63, 3.8) is 0 Å². The maximum atomic E-state index is 2.45. The summed E-state index contributed by atoms with van der Waals surface area (Å²) in [5, 5.41) is 0. The molecule has 4 aliphatic rings. The van der Waals surface area contributed by atoms with Gasteiger partial charge in [-0.15, -0.1) is 0 Å². The summed E-state index contributed by atoms with van der Waals surface area (Å²) in [4.78, 5) is 0. The minimum Gasteiger partial charge on any atom is -0.0763 e. The highest BCUT2D eigenvalue weighted by atomic mass is 14.4. The molecule has 10 heavy (non-hydrogen) atoms. The summed E-state index contributed by atoms with van der Waals surface area (Å²) < 4.78 is 0. The van der Waals surface area contributed by atoms with Gasteiger partial charge in [0.1, 0.15) is 0 Å². The monoisotopic (exact) mass is 130 g/mol. The van der Waals surface area contributed by atoms with Crippen LogP contribution in [0.15, 0.2) is 34.9 Å². The van der Waals surface area contributed by atoms with Gasteiger partial charge in [0.2, 0.25) is 0 Å². The smallest absolute Gasteiger partial charge is 0.00872 e. The Morgan fingerprint density at radius 3 is 2.80 bits per heavy atom. The highest BCUT2D eigenvalue weighted by Gasteiger charge is 2.38. The van der Waals surface area contributed by atoms with Crippen molar-refractivity contribution in [2.45, 2.75) is 13.3 Å². The topological polar surface area (TPSA) is 0 Å². The normalized spacial score (nSPS) is 39.9. The minimum atomic E-state index is 0.777. The maximum Gasteiger partial charge on any atom is 0.00872 e. The molecule has 50 valence electrons. The molecule has 0 radical (unpaired) electrons. The second-order valence-electron chi connectivity index (χ2n) is 3.51. The van der Waals surface area contributed by atoms with Gasteiger partial charge in [0.25, 0.3) is 0 Å². The standard InChI is InChI=1S/C10H10/c1-6-9-5-8-3-2-7(9)4-10(6)8/h2,4-6,9H,3H2,1H3. The summed E-state index contributed by atoms with van der Waals surface area (Å²) in [7, 11) is 0. The van der Waals surface area contributed by atoms with Gasteiger partial charge >= 0.3 is 0 Å². The van der Waals surface area contributed by atoms with E-state index in [1.807, 2.05) is 0 Å². The lowest BCUT2D eigenvalue weighted by atomic mass is 9.92. The fourth-order valence-electron chi connectivity index (χ4n) is 2.44. The molecule has 0 aromatic heterocycles. The first-order valence-electron chi connectivity index (χ1n) is 3.99. The first-order valence-corrected chi connectivity index (χ1v) is 3.99. The molecule has 0 heterocycles. The van der Waals surface area contributed by atoms with E-state index in [0.717, 1.165) is 11.8 Å². The summed E-state index contributed by atoms with van der Waals surface area (Å²) in [6.45, 7) is 2.34. The zero-order valence-corrected chi connectivity index (χ0v) is 6.09. The molecular formula is C10H10. The van der Waals surface area contributed by atoms with Crippen molar-refractivity contribution < 1.29 is 0 Å². The summed E-state index contributed by atoms with van der Waals surface area (Å²) in [5.41, 5.74) is 4.81. The van der Waals surface area contributed by atoms with Gasteiger partial charge < -0.3 is 0 Å². The Bertz CT molecular complexity index is 289. The number of hydrogen-bond donors (Lipinski definition) is 0. The van der Waals surface area contributed by atoms with E-state index in [0.29, 0.717) is 0 Å². The number of fused-ring (bicyclic) bond motifs is 1. The predicted molar refractivity (Wildman–Crippen MR) is 41.5 cm³/mol. The first-order chi connectivity index (χ1) is 4.86. The second-order valence-corrected chi connectivity index (χ2v) is 3.51. The van der Waals surface area contributed by atoms with E-state index in [9.17, 15) is 0 Å². The van der Waals surface area contributed by atoms with E-state index in [1.54, 1.807) is 16.7 Å². The van der Waals surface area contributed by atoms with Crippen LogP contribution in [0, 0.1) is 11.8 Å². The van der Waals surface area contributed by atoms with Gasteiger partial charge in [0, 0.05) is 5.92 Å². The zero-order chi connectivity index (χ0) is 6.72. The molecule has 4 bridgehead atoms. The fraction of sp³-hybridized carbons (Fsp3) is 0.400. The highest BCUT2D eigenvalue weighted by molar-refractivity contribution is 5.59. The Morgan fingerprint density at radius 1 is 1.50 bits per heavy atom. The molecule has 0 spiro atoms. The van der Waals surface area contributed by atoms with Crippen LogP contribution < -0.4 is 0 Å². The molecule has 0 amide bonds. The van der Waals surface area contributed by atoms with Gasteiger partial charge in [-0.2, -0.15) is 0 Å². The molecule has 0 aliphatic heterocycles. The molecule has 0 saturated carbocycles. The first kappa shape index (κ1) is 4.95. The molecule has 0 N–H and O–H groups in total. The van der Waals surface area contributed by atoms with Gasteiger partial charge in [-0.25, -0.2) is 0 Å². The third-order valence-corrected chi connectivity index (χ3v) is 3.05. The van der Waals surface area contributed by atoms with E-state index in [-0.39, 0.29) is 0 Å². The molecule has 0 heteroatoms. The SMILES string of the molecule is CC1C2=CC3=CCC2=CC31. The van der Waals surface area contributed by atoms with E-state index in [4.69, 9.17) is 0 Å². The summed E-state index contributed by atoms with van der Waals surface area (Å²) in [5.74, 6) is 1.59. The van der Waals surface area contributed by atoms with Gasteiger partial charge in [-0.05, 0) is 29.1 Å². The van der Waals surface area contributed by atoms with E-state index < -0.39 is 0 Å². The Hall–Kier alpha value is -0.780. The molecular weight excluding hydrogens is 120 g/mol. The van der Waals surface area contributed by atoms with Crippen LogP contribution in [-0.2, 0) is 0 Å². The van der Waals surface area contributed by atoms with Gasteiger partial charge in [-0.3, -0.25) is 0 Å². The molecule has 0 saturated heterocycles. The molecule has 0 aromatic rings. The molecule has 0 fully saturated rings. The van der Waals surface area contributed by atoms with Crippen LogP contribution in [0.2, 0.25) is 0 Å². The molecule has 0 nitrogen and oxygen atoms in total. The lowest BCUT2D eigenvalue weighted by Crippen LogP contribution is -2.00. The van der Waals surface area contributed by atoms with Crippen LogP contribution in [0.4, 0.5) is 0 Å². The third-order valence-electron chi connectivity index (χ3n) is 3.05. The fourth-order valence-corrected chi connectivity index (χ4v) is 2.44. The van der Waals surface area contributed by atoms with Gasteiger partial charge in [0.15, 0.2) is 0 Å². The Morgan fingerprint density at radius 2 is 2.40 bits per heavy atom. The molecule has 0 aromatic carbocycles. The average Bonchev–Trinajstić information content (AvgIpc) is 2.42. The summed E-state index contributed by atoms with van der Waals surface area (Å²) >= 11 is 0. The van der Waals surface area contributed by atoms with Crippen molar-refractivity contribution in [3.8, 4) is 0 Å². The predicted octanol–water partition coefficient (Wildman–Crippen LogP) is 2.45. The minimum absolute atomic E-state index is 0.777. The van der Waals surface area contributed by atoms with Crippen LogP contribution in [0.3, 0.4) is 0 Å². The van der Waals surface area contributed by atoms with Crippen LogP contribution >= 0.6 is 0 Å². The summed E-state index contributed by atoms with van der Waals surface area (Å²) in [6.07, 6.45) is 8.43. The Balaban J connectivity index is 2.30. The van der Waals surface area contributed by atoms with Crippen molar-refractivity contribution in [1.82, 2.24) is 0 Å². The van der Waals surface area contributed by atoms with Crippen LogP contribution in [0.25, 0.3) is 0 Å². The average molecular weight is 130 g/mol. The largest absolute Gasteiger partial charge is 0.0763 e. The van der Waals surface area contributed by atoms with Crippen LogP contribution in [0.5, 0.6) is 0 Å². The van der Waals surface area contributed by atoms with Crippen LogP contribution in [0.1, 0.15) is 13.3 Å². The molecule has 4 aliphatic carbocycles. The maximum absolute atomic E-state index is 2.45. The van der Waals surface area contributed by atoms with Crippen LogP contribution in [-0.4, -0.2) is 0 Å². The number of rotatable bonds is 0. The highest BCUT2D eigenvalue weighted by Crippen LogP contribution is 2.51. The number of hydrogen-bond acceptors (Lipinski definition) is 0.